The van der Waals surface area contributed by atoms with Gasteiger partial charge >= 0.3 is 0 Å². The number of aliphatic hydroxyl groups is 1. The number of hydrogen-bond donors (Lipinski definition) is 1. The zero-order valence-corrected chi connectivity index (χ0v) is 20.8. The summed E-state index contributed by atoms with van der Waals surface area (Å²) in [6.45, 7) is 6.95. The molecule has 2 aromatic carbocycles. The van der Waals surface area contributed by atoms with Crippen molar-refractivity contribution in [2.45, 2.75) is 46.2 Å². The van der Waals surface area contributed by atoms with Crippen molar-refractivity contribution < 1.29 is 28.6 Å². The first-order chi connectivity index (χ1) is 17.4. The second-order valence-corrected chi connectivity index (χ2v) is 8.71. The lowest BCUT2D eigenvalue weighted by molar-refractivity contribution is -0.140. The van der Waals surface area contributed by atoms with Crippen molar-refractivity contribution in [1.82, 2.24) is 4.90 Å². The van der Waals surface area contributed by atoms with E-state index in [4.69, 9.17) is 13.9 Å². The van der Waals surface area contributed by atoms with Gasteiger partial charge in [0.05, 0.1) is 37.6 Å². The van der Waals surface area contributed by atoms with Crippen molar-refractivity contribution in [3.63, 3.8) is 0 Å². The first kappa shape index (κ1) is 25.1. The average molecular weight is 490 g/mol. The number of unbranched alkanes of at least 4 members (excludes halogenated alkanes) is 1. The van der Waals surface area contributed by atoms with Crippen LogP contribution >= 0.6 is 0 Å². The molecule has 1 unspecified atom stereocenters. The maximum atomic E-state index is 13.3. The summed E-state index contributed by atoms with van der Waals surface area (Å²) in [4.78, 5) is 27.9. The third kappa shape index (κ3) is 5.15. The van der Waals surface area contributed by atoms with E-state index in [-0.39, 0.29) is 17.9 Å². The number of nitrogens with zero attached hydrogens (tertiary/aromatic N) is 1. The molecule has 1 atom stereocenters. The van der Waals surface area contributed by atoms with Gasteiger partial charge in [0.15, 0.2) is 11.5 Å². The molecule has 0 bridgehead atoms. The second kappa shape index (κ2) is 11.2. The highest BCUT2D eigenvalue weighted by molar-refractivity contribution is 6.46. The summed E-state index contributed by atoms with van der Waals surface area (Å²) >= 11 is 0. The van der Waals surface area contributed by atoms with E-state index in [2.05, 4.69) is 6.92 Å². The number of aryl methyl sites for hydroxylation is 1. The van der Waals surface area contributed by atoms with Crippen LogP contribution in [-0.2, 0) is 16.1 Å². The highest BCUT2D eigenvalue weighted by atomic mass is 16.5. The molecule has 1 saturated heterocycles. The molecule has 1 amide bonds. The molecule has 1 aliphatic heterocycles. The van der Waals surface area contributed by atoms with Gasteiger partial charge in [-0.3, -0.25) is 9.59 Å². The van der Waals surface area contributed by atoms with Crippen LogP contribution in [-0.4, -0.2) is 34.9 Å². The van der Waals surface area contributed by atoms with Crippen molar-refractivity contribution >= 4 is 17.4 Å². The Hall–Kier alpha value is -4.00. The van der Waals surface area contributed by atoms with Crippen LogP contribution in [0.25, 0.3) is 5.76 Å². The van der Waals surface area contributed by atoms with Crippen molar-refractivity contribution in [2.75, 3.05) is 13.2 Å². The summed E-state index contributed by atoms with van der Waals surface area (Å²) in [5, 5.41) is 11.2. The fraction of sp³-hybridized carbons (Fsp3) is 0.310. The van der Waals surface area contributed by atoms with Gasteiger partial charge in [-0.05, 0) is 50.1 Å². The predicted octanol–water partition coefficient (Wildman–Crippen LogP) is 5.79. The lowest BCUT2D eigenvalue weighted by Gasteiger charge is -2.25. The van der Waals surface area contributed by atoms with Gasteiger partial charge in [-0.1, -0.05) is 49.2 Å². The SMILES string of the molecule is CCCCOc1ccc(C2/C(=C(\O)c3ccc(C)cc3)C(=O)C(=O)N2Cc2ccco2)cc1OCC. The quantitative estimate of drug-likeness (QED) is 0.168. The zero-order valence-electron chi connectivity index (χ0n) is 20.8. The third-order valence-electron chi connectivity index (χ3n) is 6.11. The minimum Gasteiger partial charge on any atom is -0.507 e. The number of ether oxygens (including phenoxy) is 2. The summed E-state index contributed by atoms with van der Waals surface area (Å²) in [5.41, 5.74) is 2.13. The van der Waals surface area contributed by atoms with E-state index in [0.717, 1.165) is 18.4 Å². The maximum absolute atomic E-state index is 13.3. The molecule has 1 aliphatic rings. The van der Waals surface area contributed by atoms with E-state index in [1.54, 1.807) is 42.5 Å². The Kier molecular flexibility index (Phi) is 7.78. The molecule has 1 fully saturated rings. The maximum Gasteiger partial charge on any atom is 0.296 e. The van der Waals surface area contributed by atoms with Gasteiger partial charge in [0, 0.05) is 5.56 Å². The fourth-order valence-electron chi connectivity index (χ4n) is 4.24. The number of carbonyl (C=O) groups is 2. The highest BCUT2D eigenvalue weighted by Gasteiger charge is 2.46. The van der Waals surface area contributed by atoms with E-state index < -0.39 is 17.7 Å². The van der Waals surface area contributed by atoms with E-state index in [1.165, 1.54) is 11.2 Å². The van der Waals surface area contributed by atoms with Crippen LogP contribution in [0.2, 0.25) is 0 Å². The topological polar surface area (TPSA) is 89.2 Å². The van der Waals surface area contributed by atoms with Gasteiger partial charge in [0.2, 0.25) is 0 Å². The molecular formula is C29H31NO6. The van der Waals surface area contributed by atoms with Gasteiger partial charge in [-0.25, -0.2) is 0 Å². The van der Waals surface area contributed by atoms with E-state index in [0.29, 0.717) is 41.6 Å². The number of carbonyl (C=O) groups excluding carboxylic acids is 2. The normalized spacial score (nSPS) is 17.0. The molecule has 188 valence electrons. The molecule has 1 N–H and O–H groups in total. The Bertz CT molecular complexity index is 1240. The molecule has 3 aromatic rings. The molecule has 0 aliphatic carbocycles. The number of Topliss-reactive ketones (excluding diaryl/α,β-unsaturated/α-hetero) is 1. The zero-order chi connectivity index (χ0) is 25.7. The summed E-state index contributed by atoms with van der Waals surface area (Å²) in [5.74, 6) is -0.0268. The van der Waals surface area contributed by atoms with Gasteiger partial charge in [-0.2, -0.15) is 0 Å². The predicted molar refractivity (Wildman–Crippen MR) is 136 cm³/mol. The Labute approximate surface area is 210 Å². The number of furan rings is 1. The molecule has 7 nitrogen and oxygen atoms in total. The summed E-state index contributed by atoms with van der Waals surface area (Å²) in [6.07, 6.45) is 3.43. The van der Waals surface area contributed by atoms with Crippen LogP contribution in [0, 0.1) is 6.92 Å². The largest absolute Gasteiger partial charge is 0.507 e. The molecule has 4 rings (SSSR count). The minimum atomic E-state index is -0.833. The molecule has 0 radical (unpaired) electrons. The van der Waals surface area contributed by atoms with Gasteiger partial charge in [0.25, 0.3) is 11.7 Å². The van der Waals surface area contributed by atoms with Gasteiger partial charge < -0.3 is 23.9 Å². The number of likely N-dealkylation sites (tertiary alicyclic amines) is 1. The lowest BCUT2D eigenvalue weighted by atomic mass is 9.94. The molecule has 1 aromatic heterocycles. The first-order valence-corrected chi connectivity index (χ1v) is 12.2. The first-order valence-electron chi connectivity index (χ1n) is 12.2. The number of ketones is 1. The number of rotatable bonds is 10. The Balaban J connectivity index is 1.83. The Morgan fingerprint density at radius 3 is 2.47 bits per heavy atom. The van der Waals surface area contributed by atoms with Crippen molar-refractivity contribution in [3.8, 4) is 11.5 Å². The summed E-state index contributed by atoms with van der Waals surface area (Å²) in [7, 11) is 0. The average Bonchev–Trinajstić information content (AvgIpc) is 3.48. The number of benzene rings is 2. The molecular weight excluding hydrogens is 458 g/mol. The molecule has 0 spiro atoms. The standard InChI is InChI=1S/C29H31NO6/c1-4-6-15-36-23-14-13-21(17-24(23)34-5-2)26-25(27(31)20-11-9-19(3)10-12-20)28(32)29(33)30(26)18-22-8-7-16-35-22/h7-14,16-17,26,31H,4-6,15,18H2,1-3H3/b27-25+. The fourth-order valence-corrected chi connectivity index (χ4v) is 4.24. The lowest BCUT2D eigenvalue weighted by Crippen LogP contribution is -2.29. The third-order valence-corrected chi connectivity index (χ3v) is 6.11. The minimum absolute atomic E-state index is 0.0255. The van der Waals surface area contributed by atoms with Crippen molar-refractivity contribution in [2.24, 2.45) is 0 Å². The van der Waals surface area contributed by atoms with Crippen LogP contribution in [0.1, 0.15) is 55.2 Å². The highest BCUT2D eigenvalue weighted by Crippen LogP contribution is 2.42. The van der Waals surface area contributed by atoms with Crippen LogP contribution in [0.4, 0.5) is 0 Å². The van der Waals surface area contributed by atoms with E-state index in [9.17, 15) is 14.7 Å². The van der Waals surface area contributed by atoms with Crippen molar-refractivity contribution in [3.05, 3.63) is 88.9 Å². The van der Waals surface area contributed by atoms with Crippen molar-refractivity contribution in [1.29, 1.82) is 0 Å². The van der Waals surface area contributed by atoms with Crippen LogP contribution in [0.3, 0.4) is 0 Å². The second-order valence-electron chi connectivity index (χ2n) is 8.71. The summed E-state index contributed by atoms with van der Waals surface area (Å²) in [6, 6.07) is 15.2. The van der Waals surface area contributed by atoms with Gasteiger partial charge in [-0.15, -0.1) is 0 Å². The smallest absolute Gasteiger partial charge is 0.296 e. The molecule has 36 heavy (non-hydrogen) atoms. The van der Waals surface area contributed by atoms with Gasteiger partial charge in [0.1, 0.15) is 11.5 Å². The van der Waals surface area contributed by atoms with Crippen LogP contribution < -0.4 is 9.47 Å². The summed E-state index contributed by atoms with van der Waals surface area (Å²) < 4.78 is 17.2. The molecule has 0 saturated carbocycles. The van der Waals surface area contributed by atoms with Crippen LogP contribution in [0.15, 0.2) is 70.9 Å². The Morgan fingerprint density at radius 2 is 1.81 bits per heavy atom. The number of hydrogen-bond acceptors (Lipinski definition) is 6. The molecule has 2 heterocycles. The van der Waals surface area contributed by atoms with E-state index in [1.807, 2.05) is 26.0 Å². The van der Waals surface area contributed by atoms with Crippen LogP contribution in [0.5, 0.6) is 11.5 Å². The van der Waals surface area contributed by atoms with E-state index >= 15 is 0 Å². The number of aliphatic hydroxyl groups excluding tert-OH is 1. The Morgan fingerprint density at radius 1 is 1.03 bits per heavy atom. The monoisotopic (exact) mass is 489 g/mol. The number of amides is 1. The molecule has 7 heteroatoms.